The molecule has 12 aromatic rings. The molecule has 1 aromatic heterocycles. The van der Waals surface area contributed by atoms with Crippen LogP contribution in [0.15, 0.2) is 243 Å². The predicted molar refractivity (Wildman–Crippen MR) is 292 cm³/mol. The van der Waals surface area contributed by atoms with Crippen LogP contribution in [0.25, 0.3) is 82.8 Å². The maximum Gasteiger partial charge on any atom is 0.0726 e. The summed E-state index contributed by atoms with van der Waals surface area (Å²) in [7, 11) is 0. The number of anilines is 3. The summed E-state index contributed by atoms with van der Waals surface area (Å²) >= 11 is 0. The molecule has 0 amide bonds. The normalized spacial score (nSPS) is 15.5. The Bertz CT molecular complexity index is 4160. The first-order valence-electron chi connectivity index (χ1n) is 24.6. The zero-order chi connectivity index (χ0) is 46.3. The van der Waals surface area contributed by atoms with Crippen molar-refractivity contribution in [2.24, 2.45) is 0 Å². The monoisotopic (exact) mass is 890 g/mol. The smallest absolute Gasteiger partial charge is 0.0726 e. The highest BCUT2D eigenvalue weighted by atomic mass is 15.1. The molecule has 3 aliphatic rings. The van der Waals surface area contributed by atoms with Crippen LogP contribution in [0.1, 0.15) is 47.2 Å². The van der Waals surface area contributed by atoms with E-state index in [0.717, 1.165) is 17.1 Å². The summed E-state index contributed by atoms with van der Waals surface area (Å²) < 4.78 is 2.41. The van der Waals surface area contributed by atoms with Gasteiger partial charge in [0.25, 0.3) is 0 Å². The lowest BCUT2D eigenvalue weighted by Crippen LogP contribution is -2.26. The number of aromatic nitrogens is 1. The highest BCUT2D eigenvalue weighted by Crippen LogP contribution is 2.66. The molecule has 2 nitrogen and oxygen atoms in total. The van der Waals surface area contributed by atoms with Gasteiger partial charge in [-0.2, -0.15) is 0 Å². The topological polar surface area (TPSA) is 8.17 Å². The fourth-order valence-corrected chi connectivity index (χ4v) is 13.2. The second-order valence-electron chi connectivity index (χ2n) is 20.0. The largest absolute Gasteiger partial charge is 0.310 e. The van der Waals surface area contributed by atoms with E-state index in [2.05, 4.69) is 266 Å². The molecule has 2 heteroatoms. The average Bonchev–Trinajstić information content (AvgIpc) is 4.09. The molecular formula is C68H46N2. The Labute approximate surface area is 408 Å². The highest BCUT2D eigenvalue weighted by molar-refractivity contribution is 6.12. The van der Waals surface area contributed by atoms with Crippen molar-refractivity contribution in [1.82, 2.24) is 4.57 Å². The first kappa shape index (κ1) is 39.3. The summed E-state index contributed by atoms with van der Waals surface area (Å²) in [6.07, 6.45) is 0. The maximum absolute atomic E-state index is 2.57. The average molecular weight is 891 g/mol. The van der Waals surface area contributed by atoms with Crippen molar-refractivity contribution < 1.29 is 0 Å². The molecule has 1 spiro atoms. The molecule has 1 atom stereocenters. The molecule has 328 valence electrons. The van der Waals surface area contributed by atoms with Crippen molar-refractivity contribution >= 4 is 49.6 Å². The number of para-hydroxylation sites is 2. The molecule has 0 saturated heterocycles. The quantitative estimate of drug-likeness (QED) is 0.167. The zero-order valence-electron chi connectivity index (χ0n) is 39.0. The fourth-order valence-electron chi connectivity index (χ4n) is 13.2. The van der Waals surface area contributed by atoms with E-state index in [1.807, 2.05) is 0 Å². The molecule has 1 unspecified atom stereocenters. The van der Waals surface area contributed by atoms with Crippen molar-refractivity contribution in [1.29, 1.82) is 0 Å². The van der Waals surface area contributed by atoms with Crippen LogP contribution >= 0.6 is 0 Å². The van der Waals surface area contributed by atoms with Crippen molar-refractivity contribution in [3.05, 3.63) is 276 Å². The third-order valence-electron chi connectivity index (χ3n) is 16.2. The van der Waals surface area contributed by atoms with Crippen LogP contribution in [0.4, 0.5) is 17.1 Å². The fraction of sp³-hybridized carbons (Fsp3) is 0.0588. The number of benzene rings is 11. The minimum Gasteiger partial charge on any atom is -0.310 e. The van der Waals surface area contributed by atoms with E-state index in [1.54, 1.807) is 0 Å². The second kappa shape index (κ2) is 14.4. The summed E-state index contributed by atoms with van der Waals surface area (Å²) in [5.41, 5.74) is 24.6. The van der Waals surface area contributed by atoms with Crippen molar-refractivity contribution in [3.63, 3.8) is 0 Å². The van der Waals surface area contributed by atoms with Gasteiger partial charge in [-0.05, 0) is 144 Å². The van der Waals surface area contributed by atoms with Gasteiger partial charge in [0.1, 0.15) is 0 Å². The number of nitrogens with zero attached hydrogens (tertiary/aromatic N) is 2. The standard InChI is InChI=1S/C68H46N2/c1-67(2)60-40-45(43-18-5-3-6-19-43)32-36-50(60)51-37-34-48(42-61(51)67)69(47-35-39-63-55(41-47)52-24-13-16-30-62(52)70(63)46-21-7-4-8-22-46)64-31-17-29-58-66(64)54-26-12-15-28-57(54)68(58)56-27-14-11-25-53(56)65-49-23-10-9-20-44(49)33-38-59(65)68/h3-42H,1-2H3. The van der Waals surface area contributed by atoms with Gasteiger partial charge in [-0.3, -0.25) is 0 Å². The van der Waals surface area contributed by atoms with Crippen LogP contribution in [0.3, 0.4) is 0 Å². The molecule has 15 rings (SSSR count). The molecule has 3 aliphatic carbocycles. The lowest BCUT2D eigenvalue weighted by Gasteiger charge is -2.32. The summed E-state index contributed by atoms with van der Waals surface area (Å²) in [5, 5.41) is 5.02. The van der Waals surface area contributed by atoms with E-state index in [9.17, 15) is 0 Å². The molecule has 0 saturated carbocycles. The van der Waals surface area contributed by atoms with Gasteiger partial charge in [-0.15, -0.1) is 0 Å². The second-order valence-corrected chi connectivity index (χ2v) is 20.0. The summed E-state index contributed by atoms with van der Waals surface area (Å²) in [5.74, 6) is 0. The Morgan fingerprint density at radius 3 is 1.73 bits per heavy atom. The number of hydrogen-bond donors (Lipinski definition) is 0. The van der Waals surface area contributed by atoms with Gasteiger partial charge in [0.2, 0.25) is 0 Å². The van der Waals surface area contributed by atoms with Crippen molar-refractivity contribution in [3.8, 4) is 50.2 Å². The SMILES string of the molecule is CC1(C)c2cc(-c3ccccc3)ccc2-c2ccc(N(c3ccc4c(c3)c3ccccc3n4-c3ccccc3)c3cccc4c3-c3ccccc3C43c4ccccc4-c4c3ccc3ccccc43)cc21. The third-order valence-corrected chi connectivity index (χ3v) is 16.2. The number of fused-ring (bicyclic) bond motifs is 18. The van der Waals surface area contributed by atoms with Crippen LogP contribution in [0.2, 0.25) is 0 Å². The van der Waals surface area contributed by atoms with E-state index >= 15 is 0 Å². The van der Waals surface area contributed by atoms with Gasteiger partial charge < -0.3 is 9.47 Å². The molecule has 0 N–H and O–H groups in total. The molecule has 0 fully saturated rings. The van der Waals surface area contributed by atoms with Gasteiger partial charge in [-0.1, -0.05) is 196 Å². The van der Waals surface area contributed by atoms with Crippen LogP contribution in [-0.4, -0.2) is 4.57 Å². The lowest BCUT2D eigenvalue weighted by molar-refractivity contribution is 0.660. The molecule has 0 aliphatic heterocycles. The van der Waals surface area contributed by atoms with Crippen LogP contribution in [-0.2, 0) is 10.8 Å². The predicted octanol–water partition coefficient (Wildman–Crippen LogP) is 17.7. The Morgan fingerprint density at radius 2 is 0.929 bits per heavy atom. The van der Waals surface area contributed by atoms with Gasteiger partial charge >= 0.3 is 0 Å². The number of hydrogen-bond acceptors (Lipinski definition) is 1. The van der Waals surface area contributed by atoms with Crippen LogP contribution in [0, 0.1) is 0 Å². The highest BCUT2D eigenvalue weighted by Gasteiger charge is 2.53. The van der Waals surface area contributed by atoms with Crippen LogP contribution < -0.4 is 4.90 Å². The summed E-state index contributed by atoms with van der Waals surface area (Å²) in [6, 6.07) is 91.1. The molecule has 11 aromatic carbocycles. The Kier molecular flexibility index (Phi) is 8.08. The minimum absolute atomic E-state index is 0.237. The third kappa shape index (κ3) is 5.17. The lowest BCUT2D eigenvalue weighted by atomic mass is 9.70. The summed E-state index contributed by atoms with van der Waals surface area (Å²) in [4.78, 5) is 2.57. The van der Waals surface area contributed by atoms with Gasteiger partial charge in [0.05, 0.1) is 22.1 Å². The van der Waals surface area contributed by atoms with Crippen LogP contribution in [0.5, 0.6) is 0 Å². The molecule has 1 heterocycles. The Balaban J connectivity index is 1.00. The molecule has 70 heavy (non-hydrogen) atoms. The van der Waals surface area contributed by atoms with E-state index in [1.165, 1.54) is 116 Å². The minimum atomic E-state index is -0.505. The molecular weight excluding hydrogens is 845 g/mol. The van der Waals surface area contributed by atoms with Gasteiger partial charge in [-0.25, -0.2) is 0 Å². The van der Waals surface area contributed by atoms with E-state index in [-0.39, 0.29) is 5.41 Å². The number of rotatable bonds is 5. The van der Waals surface area contributed by atoms with E-state index < -0.39 is 5.41 Å². The van der Waals surface area contributed by atoms with E-state index in [0.29, 0.717) is 0 Å². The van der Waals surface area contributed by atoms with Crippen molar-refractivity contribution in [2.45, 2.75) is 24.7 Å². The maximum atomic E-state index is 2.57. The van der Waals surface area contributed by atoms with Gasteiger partial charge in [0.15, 0.2) is 0 Å². The first-order chi connectivity index (χ1) is 34.5. The van der Waals surface area contributed by atoms with Gasteiger partial charge in [0, 0.05) is 38.8 Å². The molecule has 0 bridgehead atoms. The zero-order valence-corrected chi connectivity index (χ0v) is 39.0. The van der Waals surface area contributed by atoms with E-state index in [4.69, 9.17) is 0 Å². The summed E-state index contributed by atoms with van der Waals surface area (Å²) in [6.45, 7) is 4.81. The van der Waals surface area contributed by atoms with Crippen molar-refractivity contribution in [2.75, 3.05) is 4.90 Å². The Morgan fingerprint density at radius 1 is 0.343 bits per heavy atom. The first-order valence-corrected chi connectivity index (χ1v) is 24.6. The Hall–Kier alpha value is -8.72. The molecule has 0 radical (unpaired) electrons.